The van der Waals surface area contributed by atoms with Crippen molar-refractivity contribution in [2.45, 2.75) is 34.1 Å². The average Bonchev–Trinajstić information content (AvgIpc) is 2.29. The third-order valence-corrected chi connectivity index (χ3v) is 2.64. The van der Waals surface area contributed by atoms with Gasteiger partial charge in [0, 0.05) is 11.0 Å². The Morgan fingerprint density at radius 3 is 2.11 bits per heavy atom. The lowest BCUT2D eigenvalue weighted by molar-refractivity contribution is -0.125. The molecule has 3 heteroatoms. The van der Waals surface area contributed by atoms with Crippen molar-refractivity contribution in [2.75, 3.05) is 6.61 Å². The van der Waals surface area contributed by atoms with E-state index >= 15 is 0 Å². The monoisotopic (exact) mass is 248 g/mol. The molecule has 0 amide bonds. The van der Waals surface area contributed by atoms with Gasteiger partial charge in [-0.05, 0) is 31.2 Å². The fourth-order valence-electron chi connectivity index (χ4n) is 1.42. The minimum absolute atomic E-state index is 0.0404. The van der Waals surface area contributed by atoms with Gasteiger partial charge in [-0.25, -0.2) is 0 Å². The maximum Gasteiger partial charge on any atom is 0.170 e. The fraction of sp³-hybridized carbons (Fsp3) is 0.467. The first-order valence-electron chi connectivity index (χ1n) is 6.14. The Bertz CT molecular complexity index is 424. The molecule has 0 atom stereocenters. The molecule has 0 unspecified atom stereocenters. The lowest BCUT2D eigenvalue weighted by atomic mass is 9.87. The first-order chi connectivity index (χ1) is 8.34. The summed E-state index contributed by atoms with van der Waals surface area (Å²) in [4.78, 5) is 23.7. The van der Waals surface area contributed by atoms with Gasteiger partial charge in [0.25, 0.3) is 0 Å². The molecule has 0 N–H and O–H groups in total. The van der Waals surface area contributed by atoms with Crippen LogP contribution in [0.2, 0.25) is 0 Å². The van der Waals surface area contributed by atoms with Crippen LogP contribution >= 0.6 is 0 Å². The maximum atomic E-state index is 11.9. The van der Waals surface area contributed by atoms with Crippen molar-refractivity contribution >= 4 is 11.6 Å². The molecule has 1 aromatic carbocycles. The van der Waals surface area contributed by atoms with E-state index in [4.69, 9.17) is 4.74 Å². The first kappa shape index (κ1) is 14.4. The summed E-state index contributed by atoms with van der Waals surface area (Å²) in [6.07, 6.45) is -0.0442. The predicted molar refractivity (Wildman–Crippen MR) is 71.0 cm³/mol. The minimum atomic E-state index is -0.471. The number of carbonyl (C=O) groups excluding carboxylic acids is 2. The van der Waals surface area contributed by atoms with E-state index in [1.165, 1.54) is 0 Å². The molecule has 0 spiro atoms. The summed E-state index contributed by atoms with van der Waals surface area (Å²) in [6, 6.07) is 6.89. The van der Waals surface area contributed by atoms with Crippen LogP contribution in [0.15, 0.2) is 24.3 Å². The Kier molecular flexibility index (Phi) is 4.65. The highest BCUT2D eigenvalue weighted by atomic mass is 16.5. The Balaban J connectivity index is 2.70. The number of carbonyl (C=O) groups is 2. The van der Waals surface area contributed by atoms with E-state index in [9.17, 15) is 9.59 Å². The van der Waals surface area contributed by atoms with E-state index in [0.29, 0.717) is 12.2 Å². The summed E-state index contributed by atoms with van der Waals surface area (Å²) >= 11 is 0. The molecular weight excluding hydrogens is 228 g/mol. The molecule has 98 valence electrons. The molecule has 3 nitrogen and oxygen atoms in total. The minimum Gasteiger partial charge on any atom is -0.494 e. The van der Waals surface area contributed by atoms with Crippen molar-refractivity contribution in [1.82, 2.24) is 0 Å². The van der Waals surface area contributed by atoms with Gasteiger partial charge in [0.15, 0.2) is 5.78 Å². The van der Waals surface area contributed by atoms with Gasteiger partial charge in [-0.3, -0.25) is 9.59 Å². The van der Waals surface area contributed by atoms with Crippen molar-refractivity contribution < 1.29 is 14.3 Å². The van der Waals surface area contributed by atoms with Gasteiger partial charge < -0.3 is 4.74 Å². The van der Waals surface area contributed by atoms with Crippen molar-refractivity contribution in [3.8, 4) is 5.75 Å². The number of benzene rings is 1. The number of ketones is 2. The zero-order valence-corrected chi connectivity index (χ0v) is 11.4. The van der Waals surface area contributed by atoms with Crippen molar-refractivity contribution in [3.05, 3.63) is 29.8 Å². The SMILES string of the molecule is CCOc1ccc(C(=O)CC(=O)C(C)(C)C)cc1. The van der Waals surface area contributed by atoms with Crippen LogP contribution in [-0.2, 0) is 4.79 Å². The lowest BCUT2D eigenvalue weighted by Gasteiger charge is -2.15. The van der Waals surface area contributed by atoms with E-state index in [0.717, 1.165) is 5.75 Å². The van der Waals surface area contributed by atoms with Crippen LogP contribution in [0.4, 0.5) is 0 Å². The number of hydrogen-bond donors (Lipinski definition) is 0. The molecule has 18 heavy (non-hydrogen) atoms. The Labute approximate surface area is 108 Å². The van der Waals surface area contributed by atoms with E-state index in [1.54, 1.807) is 24.3 Å². The maximum absolute atomic E-state index is 11.9. The smallest absolute Gasteiger partial charge is 0.170 e. The number of ether oxygens (including phenoxy) is 1. The Hall–Kier alpha value is -1.64. The quantitative estimate of drug-likeness (QED) is 0.593. The highest BCUT2D eigenvalue weighted by Crippen LogP contribution is 2.19. The van der Waals surface area contributed by atoms with Gasteiger partial charge in [0.2, 0.25) is 0 Å². The van der Waals surface area contributed by atoms with E-state index in [2.05, 4.69) is 0 Å². The van der Waals surface area contributed by atoms with Crippen LogP contribution in [0, 0.1) is 5.41 Å². The molecule has 0 aromatic heterocycles. The van der Waals surface area contributed by atoms with E-state index in [1.807, 2.05) is 27.7 Å². The zero-order chi connectivity index (χ0) is 13.8. The van der Waals surface area contributed by atoms with Crippen LogP contribution in [0.1, 0.15) is 44.5 Å². The summed E-state index contributed by atoms with van der Waals surface area (Å²) in [6.45, 7) is 7.96. The van der Waals surface area contributed by atoms with Gasteiger partial charge >= 0.3 is 0 Å². The third kappa shape index (κ3) is 3.99. The molecule has 0 fully saturated rings. The molecule has 1 rings (SSSR count). The second kappa shape index (κ2) is 5.80. The summed E-state index contributed by atoms with van der Waals surface area (Å²) in [5.74, 6) is 0.551. The second-order valence-electron chi connectivity index (χ2n) is 5.23. The van der Waals surface area contributed by atoms with E-state index in [-0.39, 0.29) is 18.0 Å². The van der Waals surface area contributed by atoms with Crippen molar-refractivity contribution in [1.29, 1.82) is 0 Å². The molecular formula is C15H20O3. The zero-order valence-electron chi connectivity index (χ0n) is 11.4. The lowest BCUT2D eigenvalue weighted by Crippen LogP contribution is -2.23. The molecule has 1 aromatic rings. The molecule has 0 aliphatic carbocycles. The van der Waals surface area contributed by atoms with Gasteiger partial charge in [-0.1, -0.05) is 20.8 Å². The second-order valence-corrected chi connectivity index (χ2v) is 5.23. The molecule has 0 saturated heterocycles. The number of Topliss-reactive ketones (excluding diaryl/α,β-unsaturated/α-hetero) is 2. The van der Waals surface area contributed by atoms with Gasteiger partial charge in [-0.2, -0.15) is 0 Å². The van der Waals surface area contributed by atoms with Gasteiger partial charge in [-0.15, -0.1) is 0 Å². The highest BCUT2D eigenvalue weighted by Gasteiger charge is 2.24. The van der Waals surface area contributed by atoms with Crippen LogP contribution in [-0.4, -0.2) is 18.2 Å². The predicted octanol–water partition coefficient (Wildman–Crippen LogP) is 3.27. The van der Waals surface area contributed by atoms with Crippen molar-refractivity contribution in [3.63, 3.8) is 0 Å². The third-order valence-electron chi connectivity index (χ3n) is 2.64. The topological polar surface area (TPSA) is 43.4 Å². The van der Waals surface area contributed by atoms with Crippen LogP contribution in [0.3, 0.4) is 0 Å². The van der Waals surface area contributed by atoms with Gasteiger partial charge in [0.05, 0.1) is 13.0 Å². The fourth-order valence-corrected chi connectivity index (χ4v) is 1.42. The molecule has 0 heterocycles. The number of rotatable bonds is 5. The molecule has 0 bridgehead atoms. The van der Waals surface area contributed by atoms with Gasteiger partial charge in [0.1, 0.15) is 11.5 Å². The van der Waals surface area contributed by atoms with Crippen LogP contribution in [0.25, 0.3) is 0 Å². The highest BCUT2D eigenvalue weighted by molar-refractivity contribution is 6.09. The summed E-state index contributed by atoms with van der Waals surface area (Å²) in [5, 5.41) is 0. The first-order valence-corrected chi connectivity index (χ1v) is 6.14. The average molecular weight is 248 g/mol. The summed E-state index contributed by atoms with van der Waals surface area (Å²) < 4.78 is 5.30. The molecule has 0 saturated carbocycles. The van der Waals surface area contributed by atoms with Crippen molar-refractivity contribution in [2.24, 2.45) is 5.41 Å². The standard InChI is InChI=1S/C15H20O3/c1-5-18-12-8-6-11(7-9-12)13(16)10-14(17)15(2,3)4/h6-9H,5,10H2,1-4H3. The Morgan fingerprint density at radius 1 is 1.11 bits per heavy atom. The normalized spacial score (nSPS) is 11.1. The largest absolute Gasteiger partial charge is 0.494 e. The molecule has 0 aliphatic rings. The summed E-state index contributed by atoms with van der Waals surface area (Å²) in [7, 11) is 0. The Morgan fingerprint density at radius 2 is 1.67 bits per heavy atom. The van der Waals surface area contributed by atoms with E-state index < -0.39 is 5.41 Å². The number of hydrogen-bond acceptors (Lipinski definition) is 3. The summed E-state index contributed by atoms with van der Waals surface area (Å²) in [5.41, 5.74) is 0.0806. The molecule has 0 aliphatic heterocycles. The van der Waals surface area contributed by atoms with Crippen LogP contribution < -0.4 is 4.74 Å². The van der Waals surface area contributed by atoms with Crippen LogP contribution in [0.5, 0.6) is 5.75 Å². The molecule has 0 radical (unpaired) electrons.